The van der Waals surface area contributed by atoms with Crippen LogP contribution < -0.4 is 5.73 Å². The van der Waals surface area contributed by atoms with E-state index in [0.717, 1.165) is 30.8 Å². The summed E-state index contributed by atoms with van der Waals surface area (Å²) in [5, 5.41) is 9.88. The Morgan fingerprint density at radius 2 is 1.90 bits per heavy atom. The van der Waals surface area contributed by atoms with Crippen molar-refractivity contribution in [3.05, 3.63) is 28.8 Å². The van der Waals surface area contributed by atoms with Crippen molar-refractivity contribution in [3.8, 4) is 5.75 Å². The quantitative estimate of drug-likeness (QED) is 0.869. The molecule has 3 N–H and O–H groups in total. The van der Waals surface area contributed by atoms with Gasteiger partial charge < -0.3 is 10.8 Å². The second kappa shape index (κ2) is 6.59. The van der Waals surface area contributed by atoms with E-state index < -0.39 is 0 Å². The van der Waals surface area contributed by atoms with Crippen LogP contribution in [0, 0.1) is 19.8 Å². The minimum absolute atomic E-state index is 0.428. The fourth-order valence-corrected chi connectivity index (χ4v) is 3.61. The van der Waals surface area contributed by atoms with Gasteiger partial charge in [0, 0.05) is 12.6 Å². The number of benzene rings is 1. The first-order chi connectivity index (χ1) is 9.56. The Hall–Kier alpha value is -1.06. The standard InChI is InChI=1S/C17H28N2O/c1-4-19(16-7-5-6-15(16)10-18)11-14-8-12(2)17(20)13(3)9-14/h8-9,15-16,20H,4-7,10-11,18H2,1-3H3. The number of nitrogens with two attached hydrogens (primary N) is 1. The maximum atomic E-state index is 9.88. The van der Waals surface area contributed by atoms with Crippen LogP contribution >= 0.6 is 0 Å². The first-order valence-electron chi connectivity index (χ1n) is 7.80. The van der Waals surface area contributed by atoms with E-state index in [1.807, 2.05) is 13.8 Å². The number of phenolic OH excluding ortho intramolecular Hbond substituents is 1. The number of rotatable bonds is 5. The molecule has 3 nitrogen and oxygen atoms in total. The maximum Gasteiger partial charge on any atom is 0.121 e. The number of aryl methyl sites for hydroxylation is 2. The molecule has 0 aliphatic heterocycles. The predicted molar refractivity (Wildman–Crippen MR) is 83.8 cm³/mol. The van der Waals surface area contributed by atoms with Crippen molar-refractivity contribution in [2.45, 2.75) is 52.6 Å². The Morgan fingerprint density at radius 1 is 1.25 bits per heavy atom. The lowest BCUT2D eigenvalue weighted by Gasteiger charge is -2.32. The van der Waals surface area contributed by atoms with Crippen molar-refractivity contribution in [1.82, 2.24) is 4.90 Å². The van der Waals surface area contributed by atoms with Crippen LogP contribution in [0.25, 0.3) is 0 Å². The average molecular weight is 276 g/mol. The molecule has 2 rings (SSSR count). The Bertz CT molecular complexity index is 435. The van der Waals surface area contributed by atoms with Gasteiger partial charge in [-0.2, -0.15) is 0 Å². The summed E-state index contributed by atoms with van der Waals surface area (Å²) < 4.78 is 0. The molecule has 0 radical (unpaired) electrons. The molecule has 1 saturated carbocycles. The third kappa shape index (κ3) is 3.15. The highest BCUT2D eigenvalue weighted by molar-refractivity contribution is 5.42. The van der Waals surface area contributed by atoms with Gasteiger partial charge in [0.2, 0.25) is 0 Å². The van der Waals surface area contributed by atoms with Gasteiger partial charge in [0.1, 0.15) is 5.75 Å². The van der Waals surface area contributed by atoms with E-state index >= 15 is 0 Å². The van der Waals surface area contributed by atoms with E-state index in [2.05, 4.69) is 24.0 Å². The zero-order valence-corrected chi connectivity index (χ0v) is 13.0. The molecular weight excluding hydrogens is 248 g/mol. The minimum Gasteiger partial charge on any atom is -0.507 e. The molecule has 0 amide bonds. The fraction of sp³-hybridized carbons (Fsp3) is 0.647. The van der Waals surface area contributed by atoms with E-state index in [-0.39, 0.29) is 0 Å². The highest BCUT2D eigenvalue weighted by atomic mass is 16.3. The minimum atomic E-state index is 0.428. The molecule has 0 spiro atoms. The molecular formula is C17H28N2O. The van der Waals surface area contributed by atoms with E-state index in [4.69, 9.17) is 5.73 Å². The lowest BCUT2D eigenvalue weighted by atomic mass is 10.0. The summed E-state index contributed by atoms with van der Waals surface area (Å²) >= 11 is 0. The second-order valence-corrected chi connectivity index (χ2v) is 6.14. The Kier molecular flexibility index (Phi) is 5.06. The van der Waals surface area contributed by atoms with Crippen LogP contribution in [-0.4, -0.2) is 29.1 Å². The third-order valence-electron chi connectivity index (χ3n) is 4.73. The van der Waals surface area contributed by atoms with Crippen molar-refractivity contribution < 1.29 is 5.11 Å². The highest BCUT2D eigenvalue weighted by Gasteiger charge is 2.30. The molecule has 2 atom stereocenters. The second-order valence-electron chi connectivity index (χ2n) is 6.14. The summed E-state index contributed by atoms with van der Waals surface area (Å²) in [5.41, 5.74) is 9.15. The van der Waals surface area contributed by atoms with Crippen LogP contribution in [0.2, 0.25) is 0 Å². The number of nitrogens with zero attached hydrogens (tertiary/aromatic N) is 1. The van der Waals surface area contributed by atoms with Crippen molar-refractivity contribution in [2.24, 2.45) is 11.7 Å². The molecule has 1 aromatic rings. The van der Waals surface area contributed by atoms with Crippen LogP contribution in [0.5, 0.6) is 5.75 Å². The SMILES string of the molecule is CCN(Cc1cc(C)c(O)c(C)c1)C1CCCC1CN. The Labute approximate surface area is 122 Å². The number of phenols is 1. The van der Waals surface area contributed by atoms with E-state index in [1.165, 1.54) is 24.8 Å². The molecule has 3 heteroatoms. The number of aromatic hydroxyl groups is 1. The Morgan fingerprint density at radius 3 is 2.45 bits per heavy atom. The highest BCUT2D eigenvalue weighted by Crippen LogP contribution is 2.31. The van der Waals surface area contributed by atoms with Gasteiger partial charge in [0.25, 0.3) is 0 Å². The first kappa shape index (κ1) is 15.3. The molecule has 1 fully saturated rings. The largest absolute Gasteiger partial charge is 0.507 e. The molecule has 0 aromatic heterocycles. The average Bonchev–Trinajstić information content (AvgIpc) is 2.90. The lowest BCUT2D eigenvalue weighted by Crippen LogP contribution is -2.39. The summed E-state index contributed by atoms with van der Waals surface area (Å²) in [6.07, 6.45) is 3.84. The topological polar surface area (TPSA) is 49.5 Å². The normalized spacial score (nSPS) is 22.6. The van der Waals surface area contributed by atoms with Gasteiger partial charge in [-0.05, 0) is 62.4 Å². The number of hydrogen-bond acceptors (Lipinski definition) is 3. The van der Waals surface area contributed by atoms with Crippen LogP contribution in [0.1, 0.15) is 42.9 Å². The van der Waals surface area contributed by atoms with Gasteiger partial charge in [0.05, 0.1) is 0 Å². The molecule has 20 heavy (non-hydrogen) atoms. The summed E-state index contributed by atoms with van der Waals surface area (Å²) in [6.45, 7) is 8.99. The van der Waals surface area contributed by atoms with Gasteiger partial charge in [-0.25, -0.2) is 0 Å². The van der Waals surface area contributed by atoms with Crippen LogP contribution in [-0.2, 0) is 6.54 Å². The van der Waals surface area contributed by atoms with Gasteiger partial charge in [0.15, 0.2) is 0 Å². The van der Waals surface area contributed by atoms with Crippen LogP contribution in [0.3, 0.4) is 0 Å². The van der Waals surface area contributed by atoms with E-state index in [9.17, 15) is 5.11 Å². The molecule has 0 saturated heterocycles. The smallest absolute Gasteiger partial charge is 0.121 e. The summed E-state index contributed by atoms with van der Waals surface area (Å²) in [6, 6.07) is 4.84. The monoisotopic (exact) mass is 276 g/mol. The first-order valence-corrected chi connectivity index (χ1v) is 7.80. The number of hydrogen-bond donors (Lipinski definition) is 2. The van der Waals surface area contributed by atoms with Gasteiger partial charge >= 0.3 is 0 Å². The van der Waals surface area contributed by atoms with Gasteiger partial charge in [-0.3, -0.25) is 4.90 Å². The molecule has 1 aromatic carbocycles. The predicted octanol–water partition coefficient (Wildman–Crippen LogP) is 2.96. The van der Waals surface area contributed by atoms with Crippen molar-refractivity contribution in [2.75, 3.05) is 13.1 Å². The summed E-state index contributed by atoms with van der Waals surface area (Å²) in [7, 11) is 0. The molecule has 112 valence electrons. The van der Waals surface area contributed by atoms with Gasteiger partial charge in [-0.15, -0.1) is 0 Å². The summed E-state index contributed by atoms with van der Waals surface area (Å²) in [4.78, 5) is 2.55. The maximum absolute atomic E-state index is 9.88. The zero-order chi connectivity index (χ0) is 14.7. The van der Waals surface area contributed by atoms with E-state index in [0.29, 0.717) is 17.7 Å². The van der Waals surface area contributed by atoms with Crippen molar-refractivity contribution in [3.63, 3.8) is 0 Å². The molecule has 0 heterocycles. The molecule has 1 aliphatic rings. The van der Waals surface area contributed by atoms with Crippen molar-refractivity contribution in [1.29, 1.82) is 0 Å². The molecule has 0 bridgehead atoms. The summed E-state index contributed by atoms with van der Waals surface area (Å²) in [5.74, 6) is 1.08. The lowest BCUT2D eigenvalue weighted by molar-refractivity contribution is 0.162. The molecule has 1 aliphatic carbocycles. The van der Waals surface area contributed by atoms with Crippen LogP contribution in [0.4, 0.5) is 0 Å². The van der Waals surface area contributed by atoms with Crippen LogP contribution in [0.15, 0.2) is 12.1 Å². The van der Waals surface area contributed by atoms with E-state index in [1.54, 1.807) is 0 Å². The molecule has 2 unspecified atom stereocenters. The third-order valence-corrected chi connectivity index (χ3v) is 4.73. The fourth-order valence-electron chi connectivity index (χ4n) is 3.61. The van der Waals surface area contributed by atoms with Crippen molar-refractivity contribution >= 4 is 0 Å². The van der Waals surface area contributed by atoms with Gasteiger partial charge in [-0.1, -0.05) is 25.5 Å². The zero-order valence-electron chi connectivity index (χ0n) is 13.0. The Balaban J connectivity index is 2.14.